The highest BCUT2D eigenvalue weighted by atomic mass is 16.2. The van der Waals surface area contributed by atoms with Crippen LogP contribution >= 0.6 is 0 Å². The monoisotopic (exact) mass is 480 g/mol. The smallest absolute Gasteiger partial charge is 0.262 e. The van der Waals surface area contributed by atoms with E-state index < -0.39 is 23.8 Å². The van der Waals surface area contributed by atoms with E-state index in [1.54, 1.807) is 6.07 Å². The summed E-state index contributed by atoms with van der Waals surface area (Å²) in [5.41, 5.74) is 1.72. The lowest BCUT2D eigenvalue weighted by Gasteiger charge is -2.31. The van der Waals surface area contributed by atoms with Gasteiger partial charge in [-0.05, 0) is 88.0 Å². The van der Waals surface area contributed by atoms with Crippen molar-refractivity contribution in [2.24, 2.45) is 11.8 Å². The second kappa shape index (κ2) is 10.6. The number of carbonyl (C=O) groups excluding carboxylic acids is 4. The first kappa shape index (κ1) is 24.1. The quantitative estimate of drug-likeness (QED) is 0.517. The van der Waals surface area contributed by atoms with Crippen LogP contribution in [0.15, 0.2) is 18.2 Å². The van der Waals surface area contributed by atoms with Crippen molar-refractivity contribution in [1.29, 1.82) is 0 Å². The fourth-order valence-corrected chi connectivity index (χ4v) is 6.24. The minimum absolute atomic E-state index is 0.132. The van der Waals surface area contributed by atoms with E-state index >= 15 is 0 Å². The maximum Gasteiger partial charge on any atom is 0.262 e. The van der Waals surface area contributed by atoms with Gasteiger partial charge in [0.1, 0.15) is 6.04 Å². The van der Waals surface area contributed by atoms with Gasteiger partial charge >= 0.3 is 0 Å². The molecule has 4 aliphatic rings. The molecular formula is C27H36N4O4. The maximum atomic E-state index is 13.3. The summed E-state index contributed by atoms with van der Waals surface area (Å²) in [7, 11) is 0. The third-order valence-electron chi connectivity index (χ3n) is 8.38. The Labute approximate surface area is 206 Å². The van der Waals surface area contributed by atoms with E-state index in [0.717, 1.165) is 48.9 Å². The van der Waals surface area contributed by atoms with Crippen molar-refractivity contribution >= 4 is 23.6 Å². The van der Waals surface area contributed by atoms with Gasteiger partial charge in [-0.15, -0.1) is 0 Å². The molecule has 5 rings (SSSR count). The molecule has 4 amide bonds. The van der Waals surface area contributed by atoms with Crippen LogP contribution in [0.2, 0.25) is 0 Å². The van der Waals surface area contributed by atoms with E-state index in [-0.39, 0.29) is 18.7 Å². The van der Waals surface area contributed by atoms with E-state index in [1.807, 2.05) is 12.1 Å². The van der Waals surface area contributed by atoms with Crippen LogP contribution in [-0.4, -0.2) is 60.2 Å². The number of nitrogens with zero attached hydrogens (tertiary/aromatic N) is 1. The standard InChI is InChI=1S/C27H36N4O4/c32-23-11-10-22(25(33)30-23)31-26(34)21-3-1-2-19(24(21)27(31)35)9-8-17-4-6-18(7-5-17)16-29-20-12-14-28-15-13-20/h1-3,17-18,20,22,28-29H,4-16H2,(H,30,32,33). The lowest BCUT2D eigenvalue weighted by Crippen LogP contribution is -2.54. The zero-order chi connectivity index (χ0) is 24.4. The molecule has 0 bridgehead atoms. The molecule has 3 heterocycles. The average molecular weight is 481 g/mol. The molecule has 1 saturated carbocycles. The van der Waals surface area contributed by atoms with Gasteiger partial charge in [0.2, 0.25) is 11.8 Å². The summed E-state index contributed by atoms with van der Waals surface area (Å²) in [6.07, 6.45) is 9.43. The Hall–Kier alpha value is -2.58. The number of benzene rings is 1. The van der Waals surface area contributed by atoms with Crippen molar-refractivity contribution < 1.29 is 19.2 Å². The fraction of sp³-hybridized carbons (Fsp3) is 0.630. The Morgan fingerprint density at radius 3 is 2.37 bits per heavy atom. The first-order valence-corrected chi connectivity index (χ1v) is 13.3. The van der Waals surface area contributed by atoms with Crippen molar-refractivity contribution in [3.8, 4) is 0 Å². The number of imide groups is 2. The minimum Gasteiger partial charge on any atom is -0.317 e. The van der Waals surface area contributed by atoms with Crippen LogP contribution in [-0.2, 0) is 16.0 Å². The first-order chi connectivity index (χ1) is 17.0. The normalized spacial score (nSPS) is 27.8. The molecule has 8 nitrogen and oxygen atoms in total. The van der Waals surface area contributed by atoms with Crippen LogP contribution in [0.25, 0.3) is 0 Å². The molecule has 1 atom stereocenters. The predicted octanol–water partition coefficient (Wildman–Crippen LogP) is 2.17. The number of amides is 4. The molecule has 1 unspecified atom stereocenters. The Kier molecular flexibility index (Phi) is 7.29. The highest BCUT2D eigenvalue weighted by molar-refractivity contribution is 6.24. The second-order valence-electron chi connectivity index (χ2n) is 10.6. The van der Waals surface area contributed by atoms with Gasteiger partial charge in [0.15, 0.2) is 0 Å². The van der Waals surface area contributed by atoms with Crippen LogP contribution < -0.4 is 16.0 Å². The number of carbonyl (C=O) groups is 4. The molecule has 1 aromatic carbocycles. The van der Waals surface area contributed by atoms with E-state index in [4.69, 9.17) is 0 Å². The predicted molar refractivity (Wildman–Crippen MR) is 131 cm³/mol. The molecule has 2 saturated heterocycles. The van der Waals surface area contributed by atoms with E-state index in [9.17, 15) is 19.2 Å². The molecule has 35 heavy (non-hydrogen) atoms. The third kappa shape index (κ3) is 5.19. The van der Waals surface area contributed by atoms with E-state index in [1.165, 1.54) is 38.5 Å². The number of hydrogen-bond donors (Lipinski definition) is 3. The van der Waals surface area contributed by atoms with Crippen molar-refractivity contribution in [3.63, 3.8) is 0 Å². The van der Waals surface area contributed by atoms with Crippen molar-refractivity contribution in [3.05, 3.63) is 34.9 Å². The molecule has 0 aromatic heterocycles. The van der Waals surface area contributed by atoms with Gasteiger partial charge in [-0.1, -0.05) is 25.0 Å². The van der Waals surface area contributed by atoms with Crippen molar-refractivity contribution in [1.82, 2.24) is 20.9 Å². The molecular weight excluding hydrogens is 444 g/mol. The Morgan fingerprint density at radius 2 is 1.63 bits per heavy atom. The van der Waals surface area contributed by atoms with Gasteiger partial charge in [0.25, 0.3) is 11.8 Å². The topological polar surface area (TPSA) is 108 Å². The summed E-state index contributed by atoms with van der Waals surface area (Å²) in [4.78, 5) is 51.2. The van der Waals surface area contributed by atoms with Gasteiger partial charge in [0.05, 0.1) is 11.1 Å². The van der Waals surface area contributed by atoms with E-state index in [2.05, 4.69) is 16.0 Å². The van der Waals surface area contributed by atoms with Crippen molar-refractivity contribution in [2.45, 2.75) is 76.3 Å². The summed E-state index contributed by atoms with van der Waals surface area (Å²) < 4.78 is 0. The number of fused-ring (bicyclic) bond motifs is 1. The molecule has 1 aliphatic carbocycles. The number of nitrogens with one attached hydrogen (secondary N) is 3. The summed E-state index contributed by atoms with van der Waals surface area (Å²) in [6, 6.07) is 5.19. The summed E-state index contributed by atoms with van der Waals surface area (Å²) in [5.74, 6) is -0.363. The highest BCUT2D eigenvalue weighted by Crippen LogP contribution is 2.34. The third-order valence-corrected chi connectivity index (χ3v) is 8.38. The molecule has 1 aromatic rings. The molecule has 3 fully saturated rings. The molecule has 3 N–H and O–H groups in total. The zero-order valence-electron chi connectivity index (χ0n) is 20.3. The Morgan fingerprint density at radius 1 is 0.886 bits per heavy atom. The lowest BCUT2D eigenvalue weighted by molar-refractivity contribution is -0.136. The average Bonchev–Trinajstić information content (AvgIpc) is 3.13. The van der Waals surface area contributed by atoms with Gasteiger partial charge in [0, 0.05) is 12.5 Å². The molecule has 0 radical (unpaired) electrons. The van der Waals surface area contributed by atoms with Crippen LogP contribution in [0.1, 0.15) is 84.1 Å². The van der Waals surface area contributed by atoms with Gasteiger partial charge in [-0.25, -0.2) is 0 Å². The number of rotatable bonds is 7. The van der Waals surface area contributed by atoms with Gasteiger partial charge in [-0.3, -0.25) is 29.4 Å². The van der Waals surface area contributed by atoms with Crippen LogP contribution in [0.3, 0.4) is 0 Å². The second-order valence-corrected chi connectivity index (χ2v) is 10.6. The Balaban J connectivity index is 1.15. The largest absolute Gasteiger partial charge is 0.317 e. The van der Waals surface area contributed by atoms with Crippen LogP contribution in [0, 0.1) is 11.8 Å². The maximum absolute atomic E-state index is 13.3. The highest BCUT2D eigenvalue weighted by Gasteiger charge is 2.45. The fourth-order valence-electron chi connectivity index (χ4n) is 6.24. The summed E-state index contributed by atoms with van der Waals surface area (Å²) >= 11 is 0. The van der Waals surface area contributed by atoms with Gasteiger partial charge < -0.3 is 10.6 Å². The number of aryl methyl sites for hydroxylation is 1. The van der Waals surface area contributed by atoms with Gasteiger partial charge in [-0.2, -0.15) is 0 Å². The molecule has 3 aliphatic heterocycles. The molecule has 0 spiro atoms. The zero-order valence-corrected chi connectivity index (χ0v) is 20.3. The summed E-state index contributed by atoms with van der Waals surface area (Å²) in [6.45, 7) is 3.36. The Bertz CT molecular complexity index is 995. The van der Waals surface area contributed by atoms with Crippen LogP contribution in [0.5, 0.6) is 0 Å². The number of piperidine rings is 2. The SMILES string of the molecule is O=C1CCC(N2C(=O)c3cccc(CCC4CCC(CNC5CCNCC5)CC4)c3C2=O)C(=O)N1. The first-order valence-electron chi connectivity index (χ1n) is 13.3. The summed E-state index contributed by atoms with van der Waals surface area (Å²) in [5, 5.41) is 9.45. The minimum atomic E-state index is -0.915. The molecule has 188 valence electrons. The van der Waals surface area contributed by atoms with E-state index in [0.29, 0.717) is 23.1 Å². The van der Waals surface area contributed by atoms with Crippen molar-refractivity contribution in [2.75, 3.05) is 19.6 Å². The molecule has 8 heteroatoms. The lowest BCUT2D eigenvalue weighted by atomic mass is 9.79. The van der Waals surface area contributed by atoms with Crippen LogP contribution in [0.4, 0.5) is 0 Å². The number of hydrogen-bond acceptors (Lipinski definition) is 6.